The maximum absolute atomic E-state index is 12.9. The van der Waals surface area contributed by atoms with Crippen molar-refractivity contribution in [3.63, 3.8) is 0 Å². The highest BCUT2D eigenvalue weighted by molar-refractivity contribution is 9.10. The molecule has 0 amide bonds. The van der Waals surface area contributed by atoms with Crippen molar-refractivity contribution in [2.24, 2.45) is 0 Å². The molecular weight excluding hydrogens is 335 g/mol. The summed E-state index contributed by atoms with van der Waals surface area (Å²) in [6.07, 6.45) is -0.317. The van der Waals surface area contributed by atoms with E-state index in [2.05, 4.69) is 26.2 Å². The Hall–Kier alpha value is -1.50. The molecule has 2 rings (SSSR count). The van der Waals surface area contributed by atoms with Crippen molar-refractivity contribution in [3.05, 3.63) is 40.6 Å². The third kappa shape index (κ3) is 3.15. The van der Waals surface area contributed by atoms with Gasteiger partial charge in [0.15, 0.2) is 0 Å². The van der Waals surface area contributed by atoms with Crippen molar-refractivity contribution >= 4 is 21.9 Å². The average molecular weight is 348 g/mol. The molecule has 0 radical (unpaired) electrons. The molecule has 2 aromatic rings. The van der Waals surface area contributed by atoms with E-state index in [0.29, 0.717) is 18.2 Å². The lowest BCUT2D eigenvalue weighted by Gasteiger charge is -2.13. The van der Waals surface area contributed by atoms with Gasteiger partial charge in [-0.3, -0.25) is 4.57 Å². The van der Waals surface area contributed by atoms with Crippen LogP contribution in [0.15, 0.2) is 35.1 Å². The van der Waals surface area contributed by atoms with Crippen molar-refractivity contribution in [1.29, 1.82) is 0 Å². The molecule has 0 saturated heterocycles. The average Bonchev–Trinajstić information content (AvgIpc) is 2.84. The first-order valence-electron chi connectivity index (χ1n) is 6.08. The molecule has 20 heavy (non-hydrogen) atoms. The molecule has 3 nitrogen and oxygen atoms in total. The van der Waals surface area contributed by atoms with Crippen LogP contribution < -0.4 is 5.32 Å². The van der Waals surface area contributed by atoms with Crippen molar-refractivity contribution < 1.29 is 13.2 Å². The van der Waals surface area contributed by atoms with Crippen molar-refractivity contribution in [3.8, 4) is 5.69 Å². The molecule has 0 atom stereocenters. The molecule has 0 bridgehead atoms. The minimum absolute atomic E-state index is 0.0249. The van der Waals surface area contributed by atoms with Gasteiger partial charge in [0.2, 0.25) is 5.95 Å². The van der Waals surface area contributed by atoms with Crippen LogP contribution in [0.3, 0.4) is 0 Å². The predicted octanol–water partition coefficient (Wildman–Crippen LogP) is 4.48. The van der Waals surface area contributed by atoms with E-state index in [-0.39, 0.29) is 4.47 Å². The fourth-order valence-electron chi connectivity index (χ4n) is 1.76. The summed E-state index contributed by atoms with van der Waals surface area (Å²) in [4.78, 5) is 4.10. The predicted molar refractivity (Wildman–Crippen MR) is 75.0 cm³/mol. The monoisotopic (exact) mass is 347 g/mol. The number of anilines is 1. The molecule has 0 saturated carbocycles. The van der Waals surface area contributed by atoms with E-state index in [9.17, 15) is 13.2 Å². The number of nitrogens with one attached hydrogen (secondary N) is 1. The van der Waals surface area contributed by atoms with Crippen LogP contribution >= 0.6 is 15.9 Å². The maximum Gasteiger partial charge on any atom is 0.417 e. The number of nitrogens with zero attached hydrogens (tertiary/aromatic N) is 2. The van der Waals surface area contributed by atoms with Crippen LogP contribution in [0.5, 0.6) is 0 Å². The standard InChI is InChI=1S/C13H13BrF3N3/c1-2-5-18-12-19-6-7-20(12)9-3-4-11(14)10(8-9)13(15,16)17/h3-4,6-8H,2,5H2,1H3,(H,18,19). The fourth-order valence-corrected chi connectivity index (χ4v) is 2.23. The van der Waals surface area contributed by atoms with E-state index >= 15 is 0 Å². The normalized spacial score (nSPS) is 11.7. The zero-order valence-corrected chi connectivity index (χ0v) is 12.3. The van der Waals surface area contributed by atoms with E-state index in [1.165, 1.54) is 6.07 Å². The van der Waals surface area contributed by atoms with Crippen LogP contribution in [0.4, 0.5) is 19.1 Å². The van der Waals surface area contributed by atoms with Gasteiger partial charge in [0.1, 0.15) is 0 Å². The first-order valence-corrected chi connectivity index (χ1v) is 6.87. The van der Waals surface area contributed by atoms with E-state index in [1.54, 1.807) is 23.0 Å². The summed E-state index contributed by atoms with van der Waals surface area (Å²) in [6, 6.07) is 4.10. The number of hydrogen-bond acceptors (Lipinski definition) is 2. The van der Waals surface area contributed by atoms with Gasteiger partial charge >= 0.3 is 6.18 Å². The van der Waals surface area contributed by atoms with Crippen LogP contribution in [0.25, 0.3) is 5.69 Å². The lowest BCUT2D eigenvalue weighted by atomic mass is 10.2. The quantitative estimate of drug-likeness (QED) is 0.883. The summed E-state index contributed by atoms with van der Waals surface area (Å²) < 4.78 is 40.3. The maximum atomic E-state index is 12.9. The van der Waals surface area contributed by atoms with Crippen molar-refractivity contribution in [1.82, 2.24) is 9.55 Å². The zero-order valence-electron chi connectivity index (χ0n) is 10.7. The highest BCUT2D eigenvalue weighted by atomic mass is 79.9. The van der Waals surface area contributed by atoms with Gasteiger partial charge in [0.05, 0.1) is 5.56 Å². The number of rotatable bonds is 4. The SMILES string of the molecule is CCCNc1nccn1-c1ccc(Br)c(C(F)(F)F)c1. The van der Waals surface area contributed by atoms with Crippen molar-refractivity contribution in [2.45, 2.75) is 19.5 Å². The second-order valence-electron chi connectivity index (χ2n) is 4.21. The van der Waals surface area contributed by atoms with Gasteiger partial charge < -0.3 is 5.32 Å². The minimum Gasteiger partial charge on any atom is -0.355 e. The first-order chi connectivity index (χ1) is 9.43. The lowest BCUT2D eigenvalue weighted by molar-refractivity contribution is -0.138. The van der Waals surface area contributed by atoms with E-state index in [0.717, 1.165) is 12.5 Å². The molecule has 0 fully saturated rings. The van der Waals surface area contributed by atoms with E-state index < -0.39 is 11.7 Å². The summed E-state index contributed by atoms with van der Waals surface area (Å²) in [5.74, 6) is 0.530. The van der Waals surface area contributed by atoms with Gasteiger partial charge in [-0.2, -0.15) is 13.2 Å². The first kappa shape index (κ1) is 14.9. The largest absolute Gasteiger partial charge is 0.417 e. The molecule has 7 heteroatoms. The molecule has 1 heterocycles. The van der Waals surface area contributed by atoms with Crippen LogP contribution in [-0.4, -0.2) is 16.1 Å². The third-order valence-corrected chi connectivity index (χ3v) is 3.40. The molecular formula is C13H13BrF3N3. The Morgan fingerprint density at radius 3 is 2.75 bits per heavy atom. The van der Waals surface area contributed by atoms with Gasteiger partial charge in [0, 0.05) is 29.1 Å². The summed E-state index contributed by atoms with van der Waals surface area (Å²) in [6.45, 7) is 2.71. The highest BCUT2D eigenvalue weighted by Crippen LogP contribution is 2.36. The van der Waals surface area contributed by atoms with Crippen LogP contribution in [0, 0.1) is 0 Å². The Labute approximate surface area is 123 Å². The number of hydrogen-bond donors (Lipinski definition) is 1. The number of imidazole rings is 1. The second-order valence-corrected chi connectivity index (χ2v) is 5.06. The summed E-state index contributed by atoms with van der Waals surface area (Å²) >= 11 is 2.93. The summed E-state index contributed by atoms with van der Waals surface area (Å²) in [5.41, 5.74) is -0.290. The molecule has 0 aliphatic carbocycles. The van der Waals surface area contributed by atoms with Crippen molar-refractivity contribution in [2.75, 3.05) is 11.9 Å². The molecule has 1 aromatic heterocycles. The second kappa shape index (κ2) is 5.87. The highest BCUT2D eigenvalue weighted by Gasteiger charge is 2.33. The Bertz CT molecular complexity index is 593. The summed E-state index contributed by atoms with van der Waals surface area (Å²) in [5, 5.41) is 3.07. The van der Waals surface area contributed by atoms with Gasteiger partial charge in [-0.15, -0.1) is 0 Å². The van der Waals surface area contributed by atoms with Crippen LogP contribution in [-0.2, 0) is 6.18 Å². The molecule has 0 aliphatic rings. The smallest absolute Gasteiger partial charge is 0.355 e. The molecule has 0 unspecified atom stereocenters. The van der Waals surface area contributed by atoms with Gasteiger partial charge in [-0.1, -0.05) is 22.9 Å². The van der Waals surface area contributed by atoms with Gasteiger partial charge in [-0.05, 0) is 24.6 Å². The number of aromatic nitrogens is 2. The van der Waals surface area contributed by atoms with Gasteiger partial charge in [-0.25, -0.2) is 4.98 Å². The molecule has 108 valence electrons. The minimum atomic E-state index is -4.40. The fraction of sp³-hybridized carbons (Fsp3) is 0.308. The Balaban J connectivity index is 2.41. The Kier molecular flexibility index (Phi) is 4.37. The molecule has 0 aliphatic heterocycles. The Morgan fingerprint density at radius 2 is 2.10 bits per heavy atom. The zero-order chi connectivity index (χ0) is 14.8. The Morgan fingerprint density at radius 1 is 1.35 bits per heavy atom. The third-order valence-electron chi connectivity index (χ3n) is 2.71. The van der Waals surface area contributed by atoms with E-state index in [1.807, 2.05) is 6.92 Å². The van der Waals surface area contributed by atoms with Crippen LogP contribution in [0.2, 0.25) is 0 Å². The number of halogens is 4. The lowest BCUT2D eigenvalue weighted by Crippen LogP contribution is -2.09. The molecule has 1 N–H and O–H groups in total. The topological polar surface area (TPSA) is 29.9 Å². The molecule has 1 aromatic carbocycles. The molecule has 0 spiro atoms. The van der Waals surface area contributed by atoms with Gasteiger partial charge in [0.25, 0.3) is 0 Å². The van der Waals surface area contributed by atoms with Crippen LogP contribution in [0.1, 0.15) is 18.9 Å². The number of alkyl halides is 3. The van der Waals surface area contributed by atoms with E-state index in [4.69, 9.17) is 0 Å². The summed E-state index contributed by atoms with van der Waals surface area (Å²) in [7, 11) is 0. The number of benzene rings is 1.